The van der Waals surface area contributed by atoms with Gasteiger partial charge in [-0.15, -0.1) is 0 Å². The maximum absolute atomic E-state index is 12.6. The molecule has 0 saturated heterocycles. The minimum absolute atomic E-state index is 0.0927. The maximum Gasteiger partial charge on any atom is 0.220 e. The second-order valence-corrected chi connectivity index (χ2v) is 8.39. The zero-order valence-corrected chi connectivity index (χ0v) is 15.5. The fourth-order valence-electron chi connectivity index (χ4n) is 2.75. The van der Waals surface area contributed by atoms with Gasteiger partial charge < -0.3 is 9.21 Å². The van der Waals surface area contributed by atoms with E-state index in [4.69, 9.17) is 4.42 Å². The Bertz CT molecular complexity index is 969. The quantitative estimate of drug-likeness (QED) is 0.415. The minimum atomic E-state index is -3.69. The lowest BCUT2D eigenvalue weighted by Gasteiger charge is -2.08. The lowest BCUT2D eigenvalue weighted by molar-refractivity contribution is -0.107. The molecule has 0 aliphatic rings. The number of sulfone groups is 1. The van der Waals surface area contributed by atoms with Gasteiger partial charge in [-0.1, -0.05) is 36.4 Å². The van der Waals surface area contributed by atoms with E-state index in [1.165, 1.54) is 6.20 Å². The average molecular weight is 384 g/mol. The van der Waals surface area contributed by atoms with Crippen LogP contribution >= 0.6 is 0 Å². The van der Waals surface area contributed by atoms with E-state index in [1.54, 1.807) is 24.4 Å². The van der Waals surface area contributed by atoms with Crippen molar-refractivity contribution in [2.24, 2.45) is 0 Å². The Balaban J connectivity index is 1.63. The summed E-state index contributed by atoms with van der Waals surface area (Å²) in [5, 5.41) is -1.40. The first-order valence-electron chi connectivity index (χ1n) is 8.68. The van der Waals surface area contributed by atoms with Crippen molar-refractivity contribution in [3.05, 3.63) is 72.4 Å². The molecule has 1 unspecified atom stereocenters. The number of aldehydes is 1. The second-order valence-electron chi connectivity index (χ2n) is 6.14. The molecule has 0 aliphatic carbocycles. The Morgan fingerprint density at radius 2 is 1.78 bits per heavy atom. The average Bonchev–Trinajstić information content (AvgIpc) is 3.17. The Hall–Kier alpha value is -2.80. The molecule has 0 aliphatic heterocycles. The van der Waals surface area contributed by atoms with E-state index in [0.717, 1.165) is 18.4 Å². The van der Waals surface area contributed by atoms with E-state index in [0.29, 0.717) is 24.2 Å². The van der Waals surface area contributed by atoms with E-state index in [9.17, 15) is 13.2 Å². The SMILES string of the molecule is O=CC(c1ncc(-c2ccccn2)o1)S(=O)(=O)CCCCc1ccccc1. The van der Waals surface area contributed by atoms with E-state index in [-0.39, 0.29) is 11.6 Å². The standard InChI is InChI=1S/C20H20N2O4S/c23-15-19(20-22-14-18(26-20)17-11-4-6-12-21-17)27(24,25)13-7-5-10-16-8-2-1-3-9-16/h1-4,6,8-9,11-12,14-15,19H,5,7,10,13H2. The number of oxazole rings is 1. The molecule has 0 radical (unpaired) electrons. The predicted molar refractivity (Wildman–Crippen MR) is 102 cm³/mol. The molecule has 1 atom stereocenters. The molecule has 140 valence electrons. The van der Waals surface area contributed by atoms with Crippen LogP contribution in [-0.4, -0.2) is 30.4 Å². The third kappa shape index (κ3) is 4.89. The van der Waals surface area contributed by atoms with Crippen LogP contribution < -0.4 is 0 Å². The first kappa shape index (κ1) is 19.0. The van der Waals surface area contributed by atoms with Gasteiger partial charge >= 0.3 is 0 Å². The molecule has 0 fully saturated rings. The fraction of sp³-hybridized carbons (Fsp3) is 0.250. The van der Waals surface area contributed by atoms with Crippen molar-refractivity contribution in [3.63, 3.8) is 0 Å². The molecule has 2 heterocycles. The normalized spacial score (nSPS) is 12.6. The molecular weight excluding hydrogens is 364 g/mol. The number of carbonyl (C=O) groups is 1. The van der Waals surface area contributed by atoms with Crippen molar-refractivity contribution >= 4 is 16.1 Å². The lowest BCUT2D eigenvalue weighted by atomic mass is 10.1. The third-order valence-corrected chi connectivity index (χ3v) is 6.13. The van der Waals surface area contributed by atoms with Crippen LogP contribution in [0.1, 0.15) is 29.5 Å². The van der Waals surface area contributed by atoms with Crippen molar-refractivity contribution in [1.82, 2.24) is 9.97 Å². The molecule has 1 aromatic carbocycles. The van der Waals surface area contributed by atoms with Crippen LogP contribution in [0.2, 0.25) is 0 Å². The summed E-state index contributed by atoms with van der Waals surface area (Å²) in [5.74, 6) is 0.121. The van der Waals surface area contributed by atoms with Crippen LogP contribution in [0.25, 0.3) is 11.5 Å². The maximum atomic E-state index is 12.6. The molecule has 3 aromatic rings. The van der Waals surface area contributed by atoms with E-state index >= 15 is 0 Å². The van der Waals surface area contributed by atoms with Gasteiger partial charge in [0.05, 0.1) is 11.9 Å². The number of rotatable bonds is 9. The Labute approximate surface area is 158 Å². The number of benzene rings is 1. The first-order valence-corrected chi connectivity index (χ1v) is 10.4. The largest absolute Gasteiger partial charge is 0.437 e. The summed E-state index contributed by atoms with van der Waals surface area (Å²) in [5.41, 5.74) is 1.69. The van der Waals surface area contributed by atoms with Gasteiger partial charge in [0.25, 0.3) is 0 Å². The number of hydrogen-bond donors (Lipinski definition) is 0. The van der Waals surface area contributed by atoms with Crippen LogP contribution in [-0.2, 0) is 21.1 Å². The molecule has 0 spiro atoms. The molecular formula is C20H20N2O4S. The Morgan fingerprint density at radius 3 is 2.48 bits per heavy atom. The lowest BCUT2D eigenvalue weighted by Crippen LogP contribution is -2.18. The molecule has 0 N–H and O–H groups in total. The van der Waals surface area contributed by atoms with Crippen molar-refractivity contribution < 1.29 is 17.6 Å². The van der Waals surface area contributed by atoms with Crippen LogP contribution in [0.4, 0.5) is 0 Å². The third-order valence-electron chi connectivity index (χ3n) is 4.18. The van der Waals surface area contributed by atoms with Crippen molar-refractivity contribution in [2.75, 3.05) is 5.75 Å². The number of hydrogen-bond acceptors (Lipinski definition) is 6. The van der Waals surface area contributed by atoms with Gasteiger partial charge in [0.2, 0.25) is 5.89 Å². The summed E-state index contributed by atoms with van der Waals surface area (Å²) in [7, 11) is -3.69. The van der Waals surface area contributed by atoms with Crippen LogP contribution in [0.15, 0.2) is 65.3 Å². The Kier molecular flexibility index (Phi) is 6.13. The number of unbranched alkanes of at least 4 members (excludes halogenated alkanes) is 1. The summed E-state index contributed by atoms with van der Waals surface area (Å²) in [6, 6.07) is 15.1. The Morgan fingerprint density at radius 1 is 1.00 bits per heavy atom. The molecule has 3 rings (SSSR count). The summed E-state index contributed by atoms with van der Waals surface area (Å²) in [6.07, 6.45) is 5.35. The highest BCUT2D eigenvalue weighted by Crippen LogP contribution is 2.26. The summed E-state index contributed by atoms with van der Waals surface area (Å²) in [6.45, 7) is 0. The molecule has 6 nitrogen and oxygen atoms in total. The summed E-state index contributed by atoms with van der Waals surface area (Å²) in [4.78, 5) is 19.6. The smallest absolute Gasteiger partial charge is 0.220 e. The fourth-order valence-corrected chi connectivity index (χ4v) is 4.19. The van der Waals surface area contributed by atoms with Gasteiger partial charge in [0.1, 0.15) is 12.0 Å². The molecule has 2 aromatic heterocycles. The summed E-state index contributed by atoms with van der Waals surface area (Å²) >= 11 is 0. The topological polar surface area (TPSA) is 90.1 Å². The van der Waals surface area contributed by atoms with Gasteiger partial charge in [0.15, 0.2) is 20.8 Å². The molecule has 27 heavy (non-hydrogen) atoms. The monoisotopic (exact) mass is 384 g/mol. The van der Waals surface area contributed by atoms with Crippen molar-refractivity contribution in [1.29, 1.82) is 0 Å². The highest BCUT2D eigenvalue weighted by molar-refractivity contribution is 7.92. The number of nitrogens with zero attached hydrogens (tertiary/aromatic N) is 2. The number of aryl methyl sites for hydroxylation is 1. The number of pyridine rings is 1. The number of carbonyl (C=O) groups excluding carboxylic acids is 1. The zero-order valence-electron chi connectivity index (χ0n) is 14.7. The van der Waals surface area contributed by atoms with Gasteiger partial charge in [-0.05, 0) is 37.0 Å². The first-order chi connectivity index (χ1) is 13.1. The van der Waals surface area contributed by atoms with Gasteiger partial charge in [0, 0.05) is 6.20 Å². The highest BCUT2D eigenvalue weighted by atomic mass is 32.2. The minimum Gasteiger partial charge on any atom is -0.437 e. The second kappa shape index (κ2) is 8.73. The van der Waals surface area contributed by atoms with Gasteiger partial charge in [-0.3, -0.25) is 4.98 Å². The van der Waals surface area contributed by atoms with E-state index in [2.05, 4.69) is 9.97 Å². The van der Waals surface area contributed by atoms with Crippen LogP contribution in [0, 0.1) is 0 Å². The van der Waals surface area contributed by atoms with E-state index in [1.807, 2.05) is 30.3 Å². The predicted octanol–water partition coefficient (Wildman–Crippen LogP) is 3.41. The number of aromatic nitrogens is 2. The van der Waals surface area contributed by atoms with Gasteiger partial charge in [-0.25, -0.2) is 13.4 Å². The highest BCUT2D eigenvalue weighted by Gasteiger charge is 2.31. The zero-order chi connectivity index (χ0) is 19.1. The van der Waals surface area contributed by atoms with Gasteiger partial charge in [-0.2, -0.15) is 0 Å². The molecule has 0 bridgehead atoms. The van der Waals surface area contributed by atoms with Crippen molar-refractivity contribution in [2.45, 2.75) is 24.5 Å². The van der Waals surface area contributed by atoms with E-state index < -0.39 is 15.1 Å². The van der Waals surface area contributed by atoms with Crippen LogP contribution in [0.5, 0.6) is 0 Å². The molecule has 0 saturated carbocycles. The summed E-state index contributed by atoms with van der Waals surface area (Å²) < 4.78 is 30.6. The molecule has 0 amide bonds. The van der Waals surface area contributed by atoms with Crippen LogP contribution in [0.3, 0.4) is 0 Å². The molecule has 7 heteroatoms. The van der Waals surface area contributed by atoms with Crippen molar-refractivity contribution in [3.8, 4) is 11.5 Å².